The van der Waals surface area contributed by atoms with Gasteiger partial charge in [0.1, 0.15) is 5.75 Å². The fraction of sp³-hybridized carbons (Fsp3) is 0.600. The number of methoxy groups -OCH3 is 1. The topological polar surface area (TPSA) is 29.5 Å². The number of aliphatic hydroxyl groups excluding tert-OH is 1. The van der Waals surface area contributed by atoms with Crippen molar-refractivity contribution in [1.82, 2.24) is 0 Å². The van der Waals surface area contributed by atoms with E-state index in [1.807, 2.05) is 13.8 Å². The second kappa shape index (κ2) is 4.69. The van der Waals surface area contributed by atoms with E-state index in [4.69, 9.17) is 4.74 Å². The normalized spacial score (nSPS) is 18.9. The molecular formula is C15H22O2. The van der Waals surface area contributed by atoms with Crippen LogP contribution < -0.4 is 4.74 Å². The van der Waals surface area contributed by atoms with E-state index >= 15 is 0 Å². The molecule has 0 aromatic heterocycles. The van der Waals surface area contributed by atoms with Crippen molar-refractivity contribution in [2.45, 2.75) is 39.7 Å². The van der Waals surface area contributed by atoms with Gasteiger partial charge in [-0.3, -0.25) is 0 Å². The maximum atomic E-state index is 10.4. The minimum atomic E-state index is -0.342. The molecule has 1 saturated carbocycles. The van der Waals surface area contributed by atoms with Crippen LogP contribution in [0.15, 0.2) is 12.1 Å². The number of hydrogen-bond acceptors (Lipinski definition) is 2. The Morgan fingerprint density at radius 2 is 1.76 bits per heavy atom. The summed E-state index contributed by atoms with van der Waals surface area (Å²) in [6.07, 6.45) is 2.20. The van der Waals surface area contributed by atoms with Gasteiger partial charge >= 0.3 is 0 Å². The van der Waals surface area contributed by atoms with Gasteiger partial charge in [0.25, 0.3) is 0 Å². The Hall–Kier alpha value is -1.02. The molecule has 2 heteroatoms. The number of hydrogen-bond donors (Lipinski definition) is 1. The van der Waals surface area contributed by atoms with Crippen molar-refractivity contribution in [3.63, 3.8) is 0 Å². The molecule has 1 fully saturated rings. The predicted octanol–water partition coefficient (Wildman–Crippen LogP) is 3.39. The van der Waals surface area contributed by atoms with Gasteiger partial charge in [0.15, 0.2) is 0 Å². The molecule has 17 heavy (non-hydrogen) atoms. The summed E-state index contributed by atoms with van der Waals surface area (Å²) in [6.45, 7) is 6.21. The third-order valence-corrected chi connectivity index (χ3v) is 3.89. The molecule has 0 amide bonds. The van der Waals surface area contributed by atoms with Crippen molar-refractivity contribution in [2.75, 3.05) is 7.11 Å². The summed E-state index contributed by atoms with van der Waals surface area (Å²) >= 11 is 0. The van der Waals surface area contributed by atoms with E-state index < -0.39 is 0 Å². The minimum absolute atomic E-state index is 0.342. The SMILES string of the molecule is COc1c(C)cc(C(O)C(C)C2CC2)cc1C. The Labute approximate surface area is 104 Å². The Balaban J connectivity index is 2.26. The average molecular weight is 234 g/mol. The van der Waals surface area contributed by atoms with Crippen LogP contribution in [0, 0.1) is 25.7 Å². The highest BCUT2D eigenvalue weighted by Crippen LogP contribution is 2.43. The lowest BCUT2D eigenvalue weighted by molar-refractivity contribution is 0.106. The molecule has 1 aromatic carbocycles. The summed E-state index contributed by atoms with van der Waals surface area (Å²) in [5.41, 5.74) is 3.23. The fourth-order valence-corrected chi connectivity index (χ4v) is 2.66. The third kappa shape index (κ3) is 2.47. The molecular weight excluding hydrogens is 212 g/mol. The molecule has 0 saturated heterocycles. The lowest BCUT2D eigenvalue weighted by atomic mass is 9.91. The van der Waals surface area contributed by atoms with Gasteiger partial charge in [-0.15, -0.1) is 0 Å². The molecule has 2 unspecified atom stereocenters. The van der Waals surface area contributed by atoms with E-state index in [0.717, 1.165) is 22.4 Å². The van der Waals surface area contributed by atoms with Gasteiger partial charge in [-0.05, 0) is 67.3 Å². The third-order valence-electron chi connectivity index (χ3n) is 3.89. The van der Waals surface area contributed by atoms with Crippen LogP contribution >= 0.6 is 0 Å². The molecule has 0 radical (unpaired) electrons. The maximum absolute atomic E-state index is 10.4. The molecule has 94 valence electrons. The Kier molecular flexibility index (Phi) is 3.43. The van der Waals surface area contributed by atoms with Crippen LogP contribution in [0.2, 0.25) is 0 Å². The van der Waals surface area contributed by atoms with Crippen LogP contribution in [0.3, 0.4) is 0 Å². The highest BCUT2D eigenvalue weighted by Gasteiger charge is 2.33. The van der Waals surface area contributed by atoms with Crippen LogP contribution in [0.5, 0.6) is 5.75 Å². The first-order chi connectivity index (χ1) is 8.04. The van der Waals surface area contributed by atoms with Crippen LogP contribution in [0.25, 0.3) is 0 Å². The number of benzene rings is 1. The molecule has 1 N–H and O–H groups in total. The van der Waals surface area contributed by atoms with Gasteiger partial charge in [0.2, 0.25) is 0 Å². The van der Waals surface area contributed by atoms with E-state index in [9.17, 15) is 5.11 Å². The van der Waals surface area contributed by atoms with Crippen LogP contribution in [0.1, 0.15) is 42.6 Å². The minimum Gasteiger partial charge on any atom is -0.496 e. The monoisotopic (exact) mass is 234 g/mol. The summed E-state index contributed by atoms with van der Waals surface area (Å²) in [7, 11) is 1.69. The molecule has 1 aliphatic rings. The smallest absolute Gasteiger partial charge is 0.124 e. The molecule has 1 aromatic rings. The molecule has 2 atom stereocenters. The highest BCUT2D eigenvalue weighted by molar-refractivity contribution is 5.44. The largest absolute Gasteiger partial charge is 0.496 e. The van der Waals surface area contributed by atoms with Gasteiger partial charge in [-0.1, -0.05) is 6.92 Å². The Morgan fingerprint density at radius 1 is 1.24 bits per heavy atom. The second-order valence-electron chi connectivity index (χ2n) is 5.33. The van der Waals surface area contributed by atoms with Crippen molar-refractivity contribution in [1.29, 1.82) is 0 Å². The second-order valence-corrected chi connectivity index (χ2v) is 5.33. The van der Waals surface area contributed by atoms with Crippen molar-refractivity contribution >= 4 is 0 Å². The van der Waals surface area contributed by atoms with E-state index in [-0.39, 0.29) is 6.10 Å². The predicted molar refractivity (Wildman–Crippen MR) is 69.3 cm³/mol. The van der Waals surface area contributed by atoms with Gasteiger partial charge in [0.05, 0.1) is 13.2 Å². The van der Waals surface area contributed by atoms with Crippen molar-refractivity contribution in [3.8, 4) is 5.75 Å². The van der Waals surface area contributed by atoms with Crippen molar-refractivity contribution in [3.05, 3.63) is 28.8 Å². The van der Waals surface area contributed by atoms with Crippen molar-refractivity contribution < 1.29 is 9.84 Å². The lowest BCUT2D eigenvalue weighted by Crippen LogP contribution is -2.11. The summed E-state index contributed by atoms with van der Waals surface area (Å²) < 4.78 is 5.35. The van der Waals surface area contributed by atoms with Gasteiger partial charge < -0.3 is 9.84 Å². The first-order valence-electron chi connectivity index (χ1n) is 6.37. The average Bonchev–Trinajstić information content (AvgIpc) is 3.10. The van der Waals surface area contributed by atoms with E-state index in [2.05, 4.69) is 19.1 Å². The first-order valence-corrected chi connectivity index (χ1v) is 6.37. The first kappa shape index (κ1) is 12.4. The van der Waals surface area contributed by atoms with Crippen LogP contribution in [0.4, 0.5) is 0 Å². The molecule has 1 aliphatic carbocycles. The summed E-state index contributed by atoms with van der Waals surface area (Å²) in [5, 5.41) is 10.4. The number of ether oxygens (including phenoxy) is 1. The zero-order chi connectivity index (χ0) is 12.6. The summed E-state index contributed by atoms with van der Waals surface area (Å²) in [4.78, 5) is 0. The van der Waals surface area contributed by atoms with E-state index in [1.54, 1.807) is 7.11 Å². The van der Waals surface area contributed by atoms with E-state index in [0.29, 0.717) is 11.8 Å². The maximum Gasteiger partial charge on any atom is 0.124 e. The Morgan fingerprint density at radius 3 is 2.18 bits per heavy atom. The highest BCUT2D eigenvalue weighted by atomic mass is 16.5. The van der Waals surface area contributed by atoms with E-state index in [1.165, 1.54) is 12.8 Å². The number of rotatable bonds is 4. The summed E-state index contributed by atoms with van der Waals surface area (Å²) in [5.74, 6) is 2.01. The standard InChI is InChI=1S/C15H22O2/c1-9-7-13(8-10(2)15(9)17-4)14(16)11(3)12-5-6-12/h7-8,11-12,14,16H,5-6H2,1-4H3. The van der Waals surface area contributed by atoms with Crippen molar-refractivity contribution in [2.24, 2.45) is 11.8 Å². The molecule has 0 heterocycles. The quantitative estimate of drug-likeness (QED) is 0.865. The molecule has 0 spiro atoms. The molecule has 2 nitrogen and oxygen atoms in total. The molecule has 2 rings (SSSR count). The zero-order valence-corrected chi connectivity index (χ0v) is 11.2. The Bertz CT molecular complexity index is 384. The summed E-state index contributed by atoms with van der Waals surface area (Å²) in [6, 6.07) is 4.10. The number of aryl methyl sites for hydroxylation is 2. The van der Waals surface area contributed by atoms with Gasteiger partial charge in [-0.2, -0.15) is 0 Å². The van der Waals surface area contributed by atoms with Gasteiger partial charge in [0, 0.05) is 0 Å². The molecule has 0 aliphatic heterocycles. The fourth-order valence-electron chi connectivity index (χ4n) is 2.66. The van der Waals surface area contributed by atoms with Gasteiger partial charge in [-0.25, -0.2) is 0 Å². The molecule has 0 bridgehead atoms. The number of aliphatic hydroxyl groups is 1. The zero-order valence-electron chi connectivity index (χ0n) is 11.2. The van der Waals surface area contributed by atoms with Crippen LogP contribution in [-0.4, -0.2) is 12.2 Å². The lowest BCUT2D eigenvalue weighted by Gasteiger charge is -2.21. The van der Waals surface area contributed by atoms with Crippen LogP contribution in [-0.2, 0) is 0 Å².